The predicted octanol–water partition coefficient (Wildman–Crippen LogP) is 9.24. The molecule has 3 aromatic heterocycles. The minimum absolute atomic E-state index is 0.0411. The summed E-state index contributed by atoms with van der Waals surface area (Å²) in [7, 11) is 0. The van der Waals surface area contributed by atoms with Gasteiger partial charge in [0.25, 0.3) is 5.91 Å². The van der Waals surface area contributed by atoms with Crippen molar-refractivity contribution < 1.29 is 4.79 Å². The van der Waals surface area contributed by atoms with Gasteiger partial charge in [0, 0.05) is 21.2 Å². The molecule has 222 valence electrons. The topological polar surface area (TPSA) is 63.4 Å². The molecule has 2 aliphatic rings. The summed E-state index contributed by atoms with van der Waals surface area (Å²) in [5, 5.41) is 21.4. The summed E-state index contributed by atoms with van der Waals surface area (Å²) in [6.45, 7) is 4.14. The SMILES string of the molecule is Cc1ccc(C)c(-n2c(SCC(=O)N3N=C4/C(=C\c5cccs5)CCC[C@H]4[C@H]3c3cccs3)nnc2-c2ccccc2Cl)c1. The van der Waals surface area contributed by atoms with E-state index < -0.39 is 0 Å². The number of nitrogens with zero attached hydrogens (tertiary/aromatic N) is 5. The normalized spacial score (nSPS) is 18.9. The van der Waals surface area contributed by atoms with Gasteiger partial charge in [-0.25, -0.2) is 5.01 Å². The second kappa shape index (κ2) is 12.5. The second-order valence-corrected chi connectivity index (χ2v) is 14.4. The number of halogens is 1. The summed E-state index contributed by atoms with van der Waals surface area (Å²) in [6, 6.07) is 22.3. The molecule has 1 fully saturated rings. The number of hydrogen-bond donors (Lipinski definition) is 0. The molecule has 4 heterocycles. The molecule has 1 amide bonds. The zero-order valence-corrected chi connectivity index (χ0v) is 27.5. The van der Waals surface area contributed by atoms with E-state index in [1.54, 1.807) is 27.7 Å². The molecule has 0 N–H and O–H groups in total. The fourth-order valence-electron chi connectivity index (χ4n) is 6.04. The molecular weight excluding hydrogens is 626 g/mol. The Morgan fingerprint density at radius 1 is 1.05 bits per heavy atom. The molecule has 0 unspecified atom stereocenters. The second-order valence-electron chi connectivity index (χ2n) is 11.1. The van der Waals surface area contributed by atoms with Crippen LogP contribution >= 0.6 is 46.0 Å². The first kappa shape index (κ1) is 29.2. The predicted molar refractivity (Wildman–Crippen MR) is 183 cm³/mol. The van der Waals surface area contributed by atoms with Crippen LogP contribution in [0.3, 0.4) is 0 Å². The standard InChI is InChI=1S/C34H30ClN5OS3/c1-21-14-15-22(2)28(18-21)39-33(25-10-3-4-12-27(25)35)36-37-34(39)44-20-30(41)40-32(29-13-7-17-43-29)26-11-5-8-23(31(26)38-40)19-24-9-6-16-42-24/h3-4,6-7,9-10,12-19,26,32H,5,8,11,20H2,1-2H3/b23-19-/t26-,32+/m1/s1. The maximum absolute atomic E-state index is 14.1. The van der Waals surface area contributed by atoms with Gasteiger partial charge in [-0.05, 0) is 97.0 Å². The molecule has 0 spiro atoms. The van der Waals surface area contributed by atoms with Gasteiger partial charge >= 0.3 is 0 Å². The Hall–Kier alpha value is -3.50. The van der Waals surface area contributed by atoms with Crippen LogP contribution in [0.4, 0.5) is 0 Å². The zero-order valence-electron chi connectivity index (χ0n) is 24.3. The van der Waals surface area contributed by atoms with E-state index in [4.69, 9.17) is 16.7 Å². The molecule has 0 radical (unpaired) electrons. The molecular formula is C34H30ClN5OS3. The van der Waals surface area contributed by atoms with Crippen LogP contribution in [0.25, 0.3) is 23.2 Å². The van der Waals surface area contributed by atoms with Crippen LogP contribution in [0, 0.1) is 19.8 Å². The highest BCUT2D eigenvalue weighted by Gasteiger charge is 2.44. The number of allylic oxidation sites excluding steroid dienone is 1. The van der Waals surface area contributed by atoms with E-state index in [1.807, 2.05) is 28.8 Å². The number of fused-ring (bicyclic) bond motifs is 1. The Morgan fingerprint density at radius 2 is 1.89 bits per heavy atom. The summed E-state index contributed by atoms with van der Waals surface area (Å²) in [5.41, 5.74) is 6.26. The Bertz CT molecular complexity index is 1880. The highest BCUT2D eigenvalue weighted by Crippen LogP contribution is 2.46. The van der Waals surface area contributed by atoms with Crippen molar-refractivity contribution >= 4 is 63.7 Å². The minimum atomic E-state index is -0.0966. The van der Waals surface area contributed by atoms with E-state index in [0.717, 1.165) is 47.4 Å². The largest absolute Gasteiger partial charge is 0.272 e. The van der Waals surface area contributed by atoms with Crippen molar-refractivity contribution in [3.8, 4) is 17.1 Å². The quantitative estimate of drug-likeness (QED) is 0.164. The average molecular weight is 656 g/mol. The van der Waals surface area contributed by atoms with E-state index in [0.29, 0.717) is 16.0 Å². The first-order valence-corrected chi connectivity index (χ1v) is 17.7. The van der Waals surface area contributed by atoms with Crippen LogP contribution in [-0.2, 0) is 4.79 Å². The molecule has 0 bridgehead atoms. The van der Waals surface area contributed by atoms with Crippen molar-refractivity contribution in [3.63, 3.8) is 0 Å². The summed E-state index contributed by atoms with van der Waals surface area (Å²) in [5.74, 6) is 0.973. The molecule has 44 heavy (non-hydrogen) atoms. The average Bonchev–Trinajstić information content (AvgIpc) is 3.84. The lowest BCUT2D eigenvalue weighted by molar-refractivity contribution is -0.130. The van der Waals surface area contributed by atoms with Crippen LogP contribution in [0.15, 0.2) is 93.3 Å². The molecule has 1 aliphatic carbocycles. The molecule has 2 aromatic carbocycles. The monoisotopic (exact) mass is 655 g/mol. The zero-order chi connectivity index (χ0) is 30.2. The Kier molecular flexibility index (Phi) is 8.29. The number of thiophene rings is 2. The number of hydrogen-bond acceptors (Lipinski definition) is 7. The van der Waals surface area contributed by atoms with E-state index in [9.17, 15) is 4.79 Å². The van der Waals surface area contributed by atoms with Gasteiger partial charge in [0.1, 0.15) is 0 Å². The maximum Gasteiger partial charge on any atom is 0.253 e. The van der Waals surface area contributed by atoms with Crippen molar-refractivity contribution in [2.45, 2.75) is 44.3 Å². The van der Waals surface area contributed by atoms with Crippen molar-refractivity contribution in [1.29, 1.82) is 0 Å². The van der Waals surface area contributed by atoms with Crippen LogP contribution in [0.2, 0.25) is 5.02 Å². The molecule has 1 aliphatic heterocycles. The number of benzene rings is 2. The lowest BCUT2D eigenvalue weighted by Crippen LogP contribution is -2.32. The van der Waals surface area contributed by atoms with E-state index >= 15 is 0 Å². The molecule has 6 nitrogen and oxygen atoms in total. The number of amides is 1. The van der Waals surface area contributed by atoms with Crippen molar-refractivity contribution in [1.82, 2.24) is 19.8 Å². The highest BCUT2D eigenvalue weighted by atomic mass is 35.5. The summed E-state index contributed by atoms with van der Waals surface area (Å²) >= 11 is 11.4. The smallest absolute Gasteiger partial charge is 0.253 e. The summed E-state index contributed by atoms with van der Waals surface area (Å²) in [6.07, 6.45) is 5.34. The van der Waals surface area contributed by atoms with Gasteiger partial charge in [-0.15, -0.1) is 32.9 Å². The molecule has 7 rings (SSSR count). The first-order valence-electron chi connectivity index (χ1n) is 14.6. The number of hydrazone groups is 1. The summed E-state index contributed by atoms with van der Waals surface area (Å²) < 4.78 is 2.02. The van der Waals surface area contributed by atoms with Gasteiger partial charge in [-0.3, -0.25) is 9.36 Å². The number of carbonyl (C=O) groups is 1. The van der Waals surface area contributed by atoms with E-state index in [-0.39, 0.29) is 23.6 Å². The van der Waals surface area contributed by atoms with Crippen LogP contribution in [0.1, 0.15) is 46.2 Å². The third kappa shape index (κ3) is 5.58. The van der Waals surface area contributed by atoms with Crippen molar-refractivity contribution in [2.24, 2.45) is 11.0 Å². The molecule has 1 saturated carbocycles. The van der Waals surface area contributed by atoms with Crippen LogP contribution < -0.4 is 0 Å². The number of rotatable bonds is 7. The number of aryl methyl sites for hydroxylation is 2. The molecule has 2 atom stereocenters. The third-order valence-electron chi connectivity index (χ3n) is 8.13. The van der Waals surface area contributed by atoms with Gasteiger partial charge in [0.2, 0.25) is 0 Å². The fourth-order valence-corrected chi connectivity index (χ4v) is 8.61. The van der Waals surface area contributed by atoms with Gasteiger partial charge in [-0.1, -0.05) is 59.8 Å². The van der Waals surface area contributed by atoms with Gasteiger partial charge < -0.3 is 0 Å². The summed E-state index contributed by atoms with van der Waals surface area (Å²) in [4.78, 5) is 16.5. The minimum Gasteiger partial charge on any atom is -0.272 e. The van der Waals surface area contributed by atoms with Crippen molar-refractivity contribution in [3.05, 3.63) is 109 Å². The van der Waals surface area contributed by atoms with E-state index in [1.165, 1.54) is 27.1 Å². The third-order valence-corrected chi connectivity index (χ3v) is 11.1. The Labute approximate surface area is 274 Å². The molecule has 10 heteroatoms. The van der Waals surface area contributed by atoms with Gasteiger partial charge in [0.15, 0.2) is 11.0 Å². The lowest BCUT2D eigenvalue weighted by Gasteiger charge is -2.28. The van der Waals surface area contributed by atoms with Crippen LogP contribution in [-0.4, -0.2) is 37.1 Å². The fraction of sp³-hybridized carbons (Fsp3) is 0.235. The highest BCUT2D eigenvalue weighted by molar-refractivity contribution is 7.99. The molecule has 0 saturated heterocycles. The number of carbonyl (C=O) groups excluding carboxylic acids is 1. The maximum atomic E-state index is 14.1. The number of thioether (sulfide) groups is 1. The van der Waals surface area contributed by atoms with Crippen LogP contribution in [0.5, 0.6) is 0 Å². The van der Waals surface area contributed by atoms with Gasteiger partial charge in [0.05, 0.1) is 28.2 Å². The molecule has 5 aromatic rings. The van der Waals surface area contributed by atoms with Gasteiger partial charge in [-0.2, -0.15) is 5.10 Å². The first-order chi connectivity index (χ1) is 21.5. The Balaban J connectivity index is 1.23. The van der Waals surface area contributed by atoms with E-state index in [2.05, 4.69) is 83.3 Å². The lowest BCUT2D eigenvalue weighted by atomic mass is 9.79. The van der Waals surface area contributed by atoms with Crippen molar-refractivity contribution in [2.75, 3.05) is 5.75 Å². The Morgan fingerprint density at radius 3 is 2.68 bits per heavy atom. The number of aromatic nitrogens is 3.